The molecule has 0 aliphatic carbocycles. The van der Waals surface area contributed by atoms with E-state index in [9.17, 15) is 0 Å². The molecule has 118 valence electrons. The maximum atomic E-state index is 3.62. The molecule has 1 N–H and O–H groups in total. The highest BCUT2D eigenvalue weighted by Crippen LogP contribution is 2.10. The fourth-order valence-corrected chi connectivity index (χ4v) is 4.22. The van der Waals surface area contributed by atoms with Crippen molar-refractivity contribution in [1.82, 2.24) is 10.2 Å². The Morgan fingerprint density at radius 3 is 2.29 bits per heavy atom. The van der Waals surface area contributed by atoms with Crippen LogP contribution in [-0.2, 0) is 6.54 Å². The highest BCUT2D eigenvalue weighted by atomic mass is 28.3. The summed E-state index contributed by atoms with van der Waals surface area (Å²) in [7, 11) is -1.15. The molecule has 2 rings (SSSR count). The van der Waals surface area contributed by atoms with Crippen LogP contribution in [0.3, 0.4) is 0 Å². The minimum absolute atomic E-state index is 0.740. The first kappa shape index (κ1) is 16.7. The first-order valence-corrected chi connectivity index (χ1v) is 12.0. The number of rotatable bonds is 7. The predicted octanol–water partition coefficient (Wildman–Crippen LogP) is 3.05. The van der Waals surface area contributed by atoms with E-state index in [2.05, 4.69) is 61.0 Å². The summed E-state index contributed by atoms with van der Waals surface area (Å²) in [6, 6.07) is 9.26. The van der Waals surface area contributed by atoms with Crippen molar-refractivity contribution in [3.05, 3.63) is 29.8 Å². The maximum Gasteiger partial charge on any atom is 0.0775 e. The van der Waals surface area contributed by atoms with E-state index in [1.54, 1.807) is 5.19 Å². The molecular weight excluding hydrogens is 272 g/mol. The molecule has 21 heavy (non-hydrogen) atoms. The molecule has 0 radical (unpaired) electrons. The van der Waals surface area contributed by atoms with Gasteiger partial charge in [0.2, 0.25) is 0 Å². The molecule has 1 aromatic rings. The lowest BCUT2D eigenvalue weighted by Crippen LogP contribution is -2.37. The van der Waals surface area contributed by atoms with Crippen LogP contribution < -0.4 is 10.5 Å². The van der Waals surface area contributed by atoms with Crippen LogP contribution >= 0.6 is 0 Å². The van der Waals surface area contributed by atoms with E-state index in [0.717, 1.165) is 19.0 Å². The highest BCUT2D eigenvalue weighted by molar-refractivity contribution is 6.88. The van der Waals surface area contributed by atoms with E-state index >= 15 is 0 Å². The average Bonchev–Trinajstić information content (AvgIpc) is 2.91. The molecule has 0 spiro atoms. The van der Waals surface area contributed by atoms with Gasteiger partial charge in [-0.3, -0.25) is 0 Å². The number of nitrogens with zero attached hydrogens (tertiary/aromatic N) is 1. The molecule has 0 amide bonds. The number of hydrogen-bond acceptors (Lipinski definition) is 2. The third-order valence-electron chi connectivity index (χ3n) is 4.41. The molecular formula is C18H32N2Si. The van der Waals surface area contributed by atoms with Crippen molar-refractivity contribution in [3.63, 3.8) is 0 Å². The van der Waals surface area contributed by atoms with Gasteiger partial charge in [0, 0.05) is 13.1 Å². The minimum atomic E-state index is -1.15. The summed E-state index contributed by atoms with van der Waals surface area (Å²) < 4.78 is 0. The Bertz CT molecular complexity index is 416. The molecule has 1 atom stereocenters. The van der Waals surface area contributed by atoms with E-state index in [1.807, 2.05) is 0 Å². The number of likely N-dealkylation sites (tertiary alicyclic amines) is 1. The largest absolute Gasteiger partial charge is 0.312 e. The van der Waals surface area contributed by atoms with E-state index in [1.165, 1.54) is 38.0 Å². The Balaban J connectivity index is 1.70. The van der Waals surface area contributed by atoms with Gasteiger partial charge in [0.1, 0.15) is 0 Å². The lowest BCUT2D eigenvalue weighted by atomic mass is 10.1. The second kappa shape index (κ2) is 7.57. The van der Waals surface area contributed by atoms with Crippen LogP contribution in [0.4, 0.5) is 0 Å². The van der Waals surface area contributed by atoms with E-state index < -0.39 is 8.07 Å². The van der Waals surface area contributed by atoms with Gasteiger partial charge < -0.3 is 10.2 Å². The van der Waals surface area contributed by atoms with Crippen molar-refractivity contribution < 1.29 is 0 Å². The number of nitrogens with one attached hydrogen (secondary N) is 1. The van der Waals surface area contributed by atoms with E-state index in [-0.39, 0.29) is 0 Å². The van der Waals surface area contributed by atoms with Gasteiger partial charge in [0.05, 0.1) is 8.07 Å². The van der Waals surface area contributed by atoms with Crippen molar-refractivity contribution in [2.24, 2.45) is 5.92 Å². The van der Waals surface area contributed by atoms with Crippen LogP contribution in [-0.4, -0.2) is 39.2 Å². The highest BCUT2D eigenvalue weighted by Gasteiger charge is 2.16. The van der Waals surface area contributed by atoms with Gasteiger partial charge in [-0.2, -0.15) is 0 Å². The molecule has 1 unspecified atom stereocenters. The molecule has 3 heteroatoms. The van der Waals surface area contributed by atoms with Crippen LogP contribution in [0.1, 0.15) is 25.3 Å². The second-order valence-electron chi connectivity index (χ2n) is 7.69. The fraction of sp³-hybridized carbons (Fsp3) is 0.667. The van der Waals surface area contributed by atoms with Gasteiger partial charge in [-0.1, -0.05) is 56.0 Å². The fourth-order valence-electron chi connectivity index (χ4n) is 3.06. The van der Waals surface area contributed by atoms with Crippen LogP contribution in [0.25, 0.3) is 0 Å². The topological polar surface area (TPSA) is 15.3 Å². The van der Waals surface area contributed by atoms with Crippen molar-refractivity contribution in [2.75, 3.05) is 26.2 Å². The molecule has 1 saturated heterocycles. The zero-order chi connectivity index (χ0) is 15.3. The van der Waals surface area contributed by atoms with Crippen molar-refractivity contribution in [1.29, 1.82) is 0 Å². The lowest BCUT2D eigenvalue weighted by molar-refractivity contribution is 0.282. The van der Waals surface area contributed by atoms with Crippen LogP contribution in [0.5, 0.6) is 0 Å². The monoisotopic (exact) mass is 304 g/mol. The van der Waals surface area contributed by atoms with Crippen LogP contribution in [0.2, 0.25) is 19.6 Å². The first-order chi connectivity index (χ1) is 9.95. The Morgan fingerprint density at radius 2 is 1.71 bits per heavy atom. The third-order valence-corrected chi connectivity index (χ3v) is 6.48. The Morgan fingerprint density at radius 1 is 1.10 bits per heavy atom. The summed E-state index contributed by atoms with van der Waals surface area (Å²) in [6.45, 7) is 15.6. The summed E-state index contributed by atoms with van der Waals surface area (Å²) >= 11 is 0. The molecule has 1 fully saturated rings. The van der Waals surface area contributed by atoms with Crippen molar-refractivity contribution in [3.8, 4) is 0 Å². The molecule has 1 heterocycles. The van der Waals surface area contributed by atoms with Gasteiger partial charge in [0.15, 0.2) is 0 Å². The molecule has 1 aromatic carbocycles. The number of benzene rings is 1. The SMILES string of the molecule is CC(CNCc1ccc([Si](C)(C)C)cc1)CN1CCCC1. The molecule has 2 nitrogen and oxygen atoms in total. The quantitative estimate of drug-likeness (QED) is 0.779. The standard InChI is InChI=1S/C18H32N2Si/c1-16(15-20-11-5-6-12-20)13-19-14-17-7-9-18(10-8-17)21(2,3)4/h7-10,16,19H,5-6,11-15H2,1-4H3. The normalized spacial score (nSPS) is 18.1. The second-order valence-corrected chi connectivity index (χ2v) is 12.8. The predicted molar refractivity (Wildman–Crippen MR) is 96.0 cm³/mol. The zero-order valence-electron chi connectivity index (χ0n) is 14.3. The van der Waals surface area contributed by atoms with Crippen LogP contribution in [0.15, 0.2) is 24.3 Å². The summed E-state index contributed by atoms with van der Waals surface area (Å²) in [6.07, 6.45) is 2.78. The number of hydrogen-bond donors (Lipinski definition) is 1. The maximum absolute atomic E-state index is 3.62. The van der Waals surface area contributed by atoms with Gasteiger partial charge in [0.25, 0.3) is 0 Å². The Kier molecular flexibility index (Phi) is 6.03. The molecule has 0 aromatic heterocycles. The molecule has 0 saturated carbocycles. The van der Waals surface area contributed by atoms with E-state index in [4.69, 9.17) is 0 Å². The van der Waals surface area contributed by atoms with Crippen LogP contribution in [0, 0.1) is 5.92 Å². The summed E-state index contributed by atoms with van der Waals surface area (Å²) in [4.78, 5) is 2.61. The molecule has 0 bridgehead atoms. The summed E-state index contributed by atoms with van der Waals surface area (Å²) in [5, 5.41) is 5.17. The smallest absolute Gasteiger partial charge is 0.0775 e. The van der Waals surface area contributed by atoms with E-state index in [0.29, 0.717) is 0 Å². The third kappa shape index (κ3) is 5.57. The molecule has 1 aliphatic heterocycles. The zero-order valence-corrected chi connectivity index (χ0v) is 15.3. The van der Waals surface area contributed by atoms with Crippen molar-refractivity contribution in [2.45, 2.75) is 46.0 Å². The van der Waals surface area contributed by atoms with Gasteiger partial charge in [-0.05, 0) is 44.0 Å². The minimum Gasteiger partial charge on any atom is -0.312 e. The van der Waals surface area contributed by atoms with Gasteiger partial charge in [-0.15, -0.1) is 0 Å². The van der Waals surface area contributed by atoms with Gasteiger partial charge >= 0.3 is 0 Å². The Hall–Kier alpha value is -0.643. The van der Waals surface area contributed by atoms with Gasteiger partial charge in [-0.25, -0.2) is 0 Å². The molecule has 1 aliphatic rings. The lowest BCUT2D eigenvalue weighted by Gasteiger charge is -2.20. The summed E-state index contributed by atoms with van der Waals surface area (Å²) in [5.74, 6) is 0.740. The van der Waals surface area contributed by atoms with Crippen molar-refractivity contribution >= 4 is 13.3 Å². The first-order valence-electron chi connectivity index (χ1n) is 8.47. The average molecular weight is 305 g/mol. The Labute approximate surface area is 131 Å². The summed E-state index contributed by atoms with van der Waals surface area (Å²) in [5.41, 5.74) is 1.41.